The van der Waals surface area contributed by atoms with E-state index in [1.54, 1.807) is 6.92 Å². The molecule has 5 heteroatoms. The van der Waals surface area contributed by atoms with Crippen LogP contribution in [0.15, 0.2) is 24.3 Å². The normalized spacial score (nSPS) is 19.5. The Hall–Kier alpha value is -1.75. The van der Waals surface area contributed by atoms with E-state index in [4.69, 9.17) is 0 Å². The van der Waals surface area contributed by atoms with Gasteiger partial charge in [-0.25, -0.2) is 4.79 Å². The minimum atomic E-state index is -0.366. The maximum Gasteiger partial charge on any atom is 0.318 e. The number of hydrogen-bond donors (Lipinski definition) is 2. The SMILES string of the molecule is CC(O)CC(C)(C)CNC(=O)N1Cc2ccccc2N(C)CC1C. The van der Waals surface area contributed by atoms with E-state index in [9.17, 15) is 9.90 Å². The van der Waals surface area contributed by atoms with Gasteiger partial charge in [0.05, 0.1) is 6.10 Å². The first-order chi connectivity index (χ1) is 11.2. The summed E-state index contributed by atoms with van der Waals surface area (Å²) in [5, 5.41) is 12.7. The molecule has 2 unspecified atom stereocenters. The van der Waals surface area contributed by atoms with E-state index in [2.05, 4.69) is 50.2 Å². The number of likely N-dealkylation sites (N-methyl/N-ethyl adjacent to an activating group) is 1. The number of rotatable bonds is 4. The number of amides is 2. The third-order valence-electron chi connectivity index (χ3n) is 4.64. The molecule has 0 fully saturated rings. The van der Waals surface area contributed by atoms with Crippen LogP contribution in [0.5, 0.6) is 0 Å². The van der Waals surface area contributed by atoms with E-state index in [0.29, 0.717) is 19.5 Å². The van der Waals surface area contributed by atoms with E-state index in [-0.39, 0.29) is 23.6 Å². The van der Waals surface area contributed by atoms with Gasteiger partial charge in [-0.15, -0.1) is 0 Å². The van der Waals surface area contributed by atoms with Crippen molar-refractivity contribution in [3.8, 4) is 0 Å². The summed E-state index contributed by atoms with van der Waals surface area (Å²) in [5.74, 6) is 0. The Morgan fingerprint density at radius 1 is 1.42 bits per heavy atom. The van der Waals surface area contributed by atoms with Gasteiger partial charge in [0.1, 0.15) is 0 Å². The van der Waals surface area contributed by atoms with Gasteiger partial charge in [-0.2, -0.15) is 0 Å². The van der Waals surface area contributed by atoms with Gasteiger partial charge in [-0.05, 0) is 37.3 Å². The topological polar surface area (TPSA) is 55.8 Å². The smallest absolute Gasteiger partial charge is 0.318 e. The van der Waals surface area contributed by atoms with Crippen molar-refractivity contribution in [2.45, 2.75) is 52.8 Å². The van der Waals surface area contributed by atoms with Crippen LogP contribution in [0.1, 0.15) is 39.7 Å². The molecule has 0 saturated heterocycles. The van der Waals surface area contributed by atoms with Gasteiger partial charge in [0.2, 0.25) is 0 Å². The largest absolute Gasteiger partial charge is 0.393 e. The van der Waals surface area contributed by atoms with E-state index >= 15 is 0 Å². The van der Waals surface area contributed by atoms with Crippen LogP contribution >= 0.6 is 0 Å². The summed E-state index contributed by atoms with van der Waals surface area (Å²) in [6.07, 6.45) is 0.295. The summed E-state index contributed by atoms with van der Waals surface area (Å²) >= 11 is 0. The maximum atomic E-state index is 12.7. The lowest BCUT2D eigenvalue weighted by atomic mass is 9.87. The minimum Gasteiger partial charge on any atom is -0.393 e. The average molecular weight is 333 g/mol. The van der Waals surface area contributed by atoms with Gasteiger partial charge in [0.25, 0.3) is 0 Å². The van der Waals surface area contributed by atoms with Crippen molar-refractivity contribution >= 4 is 11.7 Å². The number of urea groups is 1. The molecule has 0 radical (unpaired) electrons. The lowest BCUT2D eigenvalue weighted by Crippen LogP contribution is -2.49. The number of nitrogens with zero attached hydrogens (tertiary/aromatic N) is 2. The van der Waals surface area contributed by atoms with Crippen LogP contribution in [0.3, 0.4) is 0 Å². The molecule has 0 saturated carbocycles. The molecule has 1 heterocycles. The molecule has 1 aliphatic heterocycles. The lowest BCUT2D eigenvalue weighted by molar-refractivity contribution is 0.124. The molecule has 0 aliphatic carbocycles. The van der Waals surface area contributed by atoms with Crippen LogP contribution in [-0.2, 0) is 6.54 Å². The second-order valence-electron chi connectivity index (χ2n) is 7.86. The van der Waals surface area contributed by atoms with Crippen molar-refractivity contribution in [3.05, 3.63) is 29.8 Å². The lowest BCUT2D eigenvalue weighted by Gasteiger charge is -2.31. The molecule has 2 N–H and O–H groups in total. The summed E-state index contributed by atoms with van der Waals surface area (Å²) in [7, 11) is 2.07. The Kier molecular flexibility index (Phi) is 5.75. The van der Waals surface area contributed by atoms with Crippen molar-refractivity contribution in [2.75, 3.05) is 25.0 Å². The van der Waals surface area contributed by atoms with Gasteiger partial charge in [0, 0.05) is 38.4 Å². The number of anilines is 1. The fourth-order valence-electron chi connectivity index (χ4n) is 3.51. The molecule has 24 heavy (non-hydrogen) atoms. The molecule has 5 nitrogen and oxygen atoms in total. The predicted octanol–water partition coefficient (Wildman–Crippen LogP) is 2.83. The average Bonchev–Trinajstić information content (AvgIpc) is 2.61. The third-order valence-corrected chi connectivity index (χ3v) is 4.64. The van der Waals surface area contributed by atoms with Gasteiger partial charge in [0.15, 0.2) is 0 Å². The molecule has 2 rings (SSSR count). The van der Waals surface area contributed by atoms with E-state index in [1.807, 2.05) is 17.0 Å². The van der Waals surface area contributed by atoms with Crippen LogP contribution in [0.4, 0.5) is 10.5 Å². The first kappa shape index (κ1) is 18.6. The molecule has 0 spiro atoms. The van der Waals surface area contributed by atoms with Crippen LogP contribution in [-0.4, -0.2) is 48.3 Å². The van der Waals surface area contributed by atoms with Gasteiger partial charge >= 0.3 is 6.03 Å². The number of nitrogens with one attached hydrogen (secondary N) is 1. The summed E-state index contributed by atoms with van der Waals surface area (Å²) in [4.78, 5) is 16.9. The molecule has 134 valence electrons. The molecule has 2 atom stereocenters. The zero-order chi connectivity index (χ0) is 17.9. The number of carbonyl (C=O) groups excluding carboxylic acids is 1. The van der Waals surface area contributed by atoms with E-state index in [0.717, 1.165) is 6.54 Å². The Morgan fingerprint density at radius 3 is 2.75 bits per heavy atom. The highest BCUT2D eigenvalue weighted by Crippen LogP contribution is 2.26. The number of carbonyl (C=O) groups is 1. The number of aliphatic hydroxyl groups excluding tert-OH is 1. The first-order valence-electron chi connectivity index (χ1n) is 8.71. The highest BCUT2D eigenvalue weighted by molar-refractivity contribution is 5.75. The van der Waals surface area contributed by atoms with Gasteiger partial charge in [-0.3, -0.25) is 0 Å². The molecule has 1 aliphatic rings. The summed E-state index contributed by atoms with van der Waals surface area (Å²) < 4.78 is 0. The van der Waals surface area contributed by atoms with Crippen molar-refractivity contribution < 1.29 is 9.90 Å². The summed E-state index contributed by atoms with van der Waals surface area (Å²) in [6, 6.07) is 8.34. The molecule has 2 amide bonds. The van der Waals surface area contributed by atoms with Gasteiger partial charge < -0.3 is 20.2 Å². The Morgan fingerprint density at radius 2 is 2.08 bits per heavy atom. The quantitative estimate of drug-likeness (QED) is 0.891. The van der Waals surface area contributed by atoms with Crippen molar-refractivity contribution in [2.24, 2.45) is 5.41 Å². The number of aliphatic hydroxyl groups is 1. The molecule has 0 bridgehead atoms. The molecular formula is C19H31N3O2. The number of fused-ring (bicyclic) bond motifs is 1. The van der Waals surface area contributed by atoms with Crippen molar-refractivity contribution in [1.29, 1.82) is 0 Å². The zero-order valence-corrected chi connectivity index (χ0v) is 15.5. The first-order valence-corrected chi connectivity index (χ1v) is 8.71. The maximum absolute atomic E-state index is 12.7. The van der Waals surface area contributed by atoms with Crippen molar-refractivity contribution in [3.63, 3.8) is 0 Å². The zero-order valence-electron chi connectivity index (χ0n) is 15.5. The Labute approximate surface area is 145 Å². The highest BCUT2D eigenvalue weighted by atomic mass is 16.3. The summed E-state index contributed by atoms with van der Waals surface area (Å²) in [6.45, 7) is 9.98. The Balaban J connectivity index is 2.06. The molecule has 1 aromatic rings. The number of hydrogen-bond acceptors (Lipinski definition) is 3. The predicted molar refractivity (Wildman–Crippen MR) is 98.2 cm³/mol. The number of para-hydroxylation sites is 1. The van der Waals surface area contributed by atoms with E-state index < -0.39 is 0 Å². The van der Waals surface area contributed by atoms with E-state index in [1.165, 1.54) is 11.3 Å². The molecule has 0 aromatic heterocycles. The van der Waals surface area contributed by atoms with Crippen LogP contribution in [0.2, 0.25) is 0 Å². The monoisotopic (exact) mass is 333 g/mol. The van der Waals surface area contributed by atoms with Gasteiger partial charge in [-0.1, -0.05) is 32.0 Å². The third kappa shape index (κ3) is 4.63. The van der Waals surface area contributed by atoms with Crippen molar-refractivity contribution in [1.82, 2.24) is 10.2 Å². The minimum absolute atomic E-state index is 0.0359. The fourth-order valence-corrected chi connectivity index (χ4v) is 3.51. The van der Waals surface area contributed by atoms with Crippen LogP contribution in [0.25, 0.3) is 0 Å². The highest BCUT2D eigenvalue weighted by Gasteiger charge is 2.28. The van der Waals surface area contributed by atoms with Crippen LogP contribution < -0.4 is 10.2 Å². The molecular weight excluding hydrogens is 302 g/mol. The standard InChI is InChI=1S/C19H31N3O2/c1-14-11-21(5)17-9-7-6-8-16(17)12-22(14)18(24)20-13-19(3,4)10-15(2)23/h6-9,14-15,23H,10-13H2,1-5H3,(H,20,24). The fraction of sp³-hybridized carbons (Fsp3) is 0.632. The second kappa shape index (κ2) is 7.43. The Bertz CT molecular complexity index is 571. The summed E-state index contributed by atoms with van der Waals surface area (Å²) in [5.41, 5.74) is 2.23. The number of benzene rings is 1. The molecule has 1 aromatic carbocycles. The second-order valence-corrected chi connectivity index (χ2v) is 7.86. The van der Waals surface area contributed by atoms with Crippen LogP contribution in [0, 0.1) is 5.41 Å².